The van der Waals surface area contributed by atoms with E-state index in [0.29, 0.717) is 17.6 Å². The monoisotopic (exact) mass is 312 g/mol. The molecule has 1 saturated heterocycles. The average molecular weight is 313 g/mol. The van der Waals surface area contributed by atoms with Gasteiger partial charge < -0.3 is 15.2 Å². The van der Waals surface area contributed by atoms with E-state index in [1.807, 2.05) is 0 Å². The van der Waals surface area contributed by atoms with Crippen LogP contribution in [0.25, 0.3) is 0 Å². The van der Waals surface area contributed by atoms with Crippen molar-refractivity contribution in [2.45, 2.75) is 25.8 Å². The van der Waals surface area contributed by atoms with E-state index in [-0.39, 0.29) is 23.0 Å². The van der Waals surface area contributed by atoms with Crippen LogP contribution in [0.5, 0.6) is 11.5 Å². The Labute approximate surface area is 129 Å². The van der Waals surface area contributed by atoms with E-state index in [4.69, 9.17) is 16.3 Å². The first kappa shape index (κ1) is 15.9. The van der Waals surface area contributed by atoms with Crippen LogP contribution >= 0.6 is 11.6 Å². The highest BCUT2D eigenvalue weighted by atomic mass is 35.5. The van der Waals surface area contributed by atoms with E-state index in [2.05, 4.69) is 17.1 Å². The lowest BCUT2D eigenvalue weighted by atomic mass is 10.1. The van der Waals surface area contributed by atoms with Crippen LogP contribution in [0, 0.1) is 0 Å². The first-order chi connectivity index (χ1) is 10.1. The fourth-order valence-electron chi connectivity index (χ4n) is 2.81. The van der Waals surface area contributed by atoms with Crippen molar-refractivity contribution >= 4 is 17.5 Å². The number of methoxy groups -OCH3 is 1. The van der Waals surface area contributed by atoms with Crippen molar-refractivity contribution < 1.29 is 14.6 Å². The van der Waals surface area contributed by atoms with Gasteiger partial charge in [-0.2, -0.15) is 0 Å². The Kier molecular flexibility index (Phi) is 5.31. The summed E-state index contributed by atoms with van der Waals surface area (Å²) in [6, 6.07) is 3.25. The third kappa shape index (κ3) is 3.41. The topological polar surface area (TPSA) is 61.8 Å². The van der Waals surface area contributed by atoms with Gasteiger partial charge in [-0.25, -0.2) is 0 Å². The molecule has 0 saturated carbocycles. The number of phenols is 1. The van der Waals surface area contributed by atoms with Gasteiger partial charge in [0.1, 0.15) is 11.3 Å². The summed E-state index contributed by atoms with van der Waals surface area (Å²) in [6.07, 6.45) is 2.23. The third-order valence-corrected chi connectivity index (χ3v) is 4.22. The van der Waals surface area contributed by atoms with Gasteiger partial charge in [0.25, 0.3) is 5.91 Å². The second-order valence-electron chi connectivity index (χ2n) is 5.11. The maximum atomic E-state index is 12.3. The Morgan fingerprint density at radius 1 is 1.57 bits per heavy atom. The van der Waals surface area contributed by atoms with Gasteiger partial charge in [0.05, 0.1) is 12.1 Å². The lowest BCUT2D eigenvalue weighted by Crippen LogP contribution is -2.40. The number of amides is 1. The number of nitrogens with one attached hydrogen (secondary N) is 1. The molecular formula is C15H21ClN2O3. The maximum absolute atomic E-state index is 12.3. The number of likely N-dealkylation sites (N-methyl/N-ethyl adjacent to an activating group) is 1. The van der Waals surface area contributed by atoms with Crippen LogP contribution in [0.2, 0.25) is 5.02 Å². The molecule has 6 heteroatoms. The SMILES string of the molecule is CCN1CCC[C@H]1CNC(=O)c1c(O)ccc(Cl)c1OC. The zero-order chi connectivity index (χ0) is 15.4. The van der Waals surface area contributed by atoms with E-state index >= 15 is 0 Å². The maximum Gasteiger partial charge on any atom is 0.258 e. The fourth-order valence-corrected chi connectivity index (χ4v) is 3.04. The number of phenolic OH excluding ortho intramolecular Hbond substituents is 1. The highest BCUT2D eigenvalue weighted by Gasteiger charge is 2.25. The first-order valence-corrected chi connectivity index (χ1v) is 7.54. The summed E-state index contributed by atoms with van der Waals surface area (Å²) in [4.78, 5) is 14.7. The molecule has 1 aliphatic heterocycles. The van der Waals surface area contributed by atoms with Gasteiger partial charge in [-0.15, -0.1) is 0 Å². The molecule has 21 heavy (non-hydrogen) atoms. The van der Waals surface area contributed by atoms with Crippen LogP contribution in [0.1, 0.15) is 30.1 Å². The molecule has 0 unspecified atom stereocenters. The number of carbonyl (C=O) groups is 1. The minimum Gasteiger partial charge on any atom is -0.507 e. The van der Waals surface area contributed by atoms with Gasteiger partial charge in [0, 0.05) is 12.6 Å². The second-order valence-corrected chi connectivity index (χ2v) is 5.52. The minimum absolute atomic E-state index is 0.0889. The van der Waals surface area contributed by atoms with Gasteiger partial charge in [0.2, 0.25) is 0 Å². The van der Waals surface area contributed by atoms with Gasteiger partial charge in [-0.05, 0) is 38.1 Å². The van der Waals surface area contributed by atoms with Crippen molar-refractivity contribution in [2.75, 3.05) is 26.7 Å². The zero-order valence-electron chi connectivity index (χ0n) is 12.4. The second kappa shape index (κ2) is 7.00. The number of hydrogen-bond acceptors (Lipinski definition) is 4. The first-order valence-electron chi connectivity index (χ1n) is 7.16. The Morgan fingerprint density at radius 3 is 3.00 bits per heavy atom. The van der Waals surface area contributed by atoms with Crippen molar-refractivity contribution in [1.29, 1.82) is 0 Å². The van der Waals surface area contributed by atoms with Gasteiger partial charge in [-0.1, -0.05) is 18.5 Å². The number of halogens is 1. The summed E-state index contributed by atoms with van der Waals surface area (Å²) in [7, 11) is 1.42. The molecule has 2 rings (SSSR count). The number of nitrogens with zero attached hydrogens (tertiary/aromatic N) is 1. The van der Waals surface area contributed by atoms with Gasteiger partial charge in [-0.3, -0.25) is 9.69 Å². The third-order valence-electron chi connectivity index (χ3n) is 3.92. The highest BCUT2D eigenvalue weighted by Crippen LogP contribution is 2.34. The Bertz CT molecular complexity index is 522. The standard InChI is InChI=1S/C15H21ClN2O3/c1-3-18-8-4-5-10(18)9-17-15(20)13-12(19)7-6-11(16)14(13)21-2/h6-7,10,19H,3-5,8-9H2,1-2H3,(H,17,20)/t10-/m0/s1. The highest BCUT2D eigenvalue weighted by molar-refractivity contribution is 6.32. The van der Waals surface area contributed by atoms with Crippen molar-refractivity contribution in [3.63, 3.8) is 0 Å². The predicted octanol–water partition coefficient (Wildman–Crippen LogP) is 2.27. The largest absolute Gasteiger partial charge is 0.507 e. The summed E-state index contributed by atoms with van der Waals surface area (Å²) in [6.45, 7) is 4.72. The van der Waals surface area contributed by atoms with Crippen LogP contribution < -0.4 is 10.1 Å². The smallest absolute Gasteiger partial charge is 0.258 e. The number of ether oxygens (including phenoxy) is 1. The predicted molar refractivity (Wildman–Crippen MR) is 82.3 cm³/mol. The summed E-state index contributed by atoms with van der Waals surface area (Å²) in [5.74, 6) is -0.296. The summed E-state index contributed by atoms with van der Waals surface area (Å²) in [5, 5.41) is 13.1. The molecule has 116 valence electrons. The molecule has 2 N–H and O–H groups in total. The molecule has 1 atom stereocenters. The molecule has 1 fully saturated rings. The molecule has 1 aliphatic rings. The van der Waals surface area contributed by atoms with E-state index in [0.717, 1.165) is 25.9 Å². The van der Waals surface area contributed by atoms with Crippen molar-refractivity contribution in [1.82, 2.24) is 10.2 Å². The number of aromatic hydroxyl groups is 1. The van der Waals surface area contributed by atoms with Crippen LogP contribution in [0.15, 0.2) is 12.1 Å². The number of hydrogen-bond donors (Lipinski definition) is 2. The number of benzene rings is 1. The molecule has 1 amide bonds. The van der Waals surface area contributed by atoms with E-state index in [1.165, 1.54) is 19.2 Å². The van der Waals surface area contributed by atoms with Gasteiger partial charge >= 0.3 is 0 Å². The molecule has 0 bridgehead atoms. The van der Waals surface area contributed by atoms with Crippen LogP contribution in [-0.2, 0) is 0 Å². The van der Waals surface area contributed by atoms with Crippen molar-refractivity contribution in [3.8, 4) is 11.5 Å². The van der Waals surface area contributed by atoms with Crippen molar-refractivity contribution in [3.05, 3.63) is 22.7 Å². The van der Waals surface area contributed by atoms with Crippen LogP contribution in [0.4, 0.5) is 0 Å². The average Bonchev–Trinajstić information content (AvgIpc) is 2.94. The molecule has 5 nitrogen and oxygen atoms in total. The van der Waals surface area contributed by atoms with E-state index in [1.54, 1.807) is 0 Å². The zero-order valence-corrected chi connectivity index (χ0v) is 13.1. The number of rotatable bonds is 5. The van der Waals surface area contributed by atoms with Gasteiger partial charge in [0.15, 0.2) is 5.75 Å². The molecule has 0 aliphatic carbocycles. The summed E-state index contributed by atoms with van der Waals surface area (Å²) in [5.41, 5.74) is 0.0889. The Balaban J connectivity index is 2.09. The molecule has 1 aromatic carbocycles. The summed E-state index contributed by atoms with van der Waals surface area (Å²) < 4.78 is 5.13. The molecule has 0 radical (unpaired) electrons. The molecule has 1 aromatic rings. The number of carbonyl (C=O) groups excluding carboxylic acids is 1. The minimum atomic E-state index is -0.366. The molecule has 0 spiro atoms. The quantitative estimate of drug-likeness (QED) is 0.875. The Morgan fingerprint density at radius 2 is 2.33 bits per heavy atom. The summed E-state index contributed by atoms with van der Waals surface area (Å²) >= 11 is 5.99. The fraction of sp³-hybridized carbons (Fsp3) is 0.533. The Hall–Kier alpha value is -1.46. The van der Waals surface area contributed by atoms with Crippen LogP contribution in [0.3, 0.4) is 0 Å². The lowest BCUT2D eigenvalue weighted by Gasteiger charge is -2.23. The van der Waals surface area contributed by atoms with Crippen molar-refractivity contribution in [2.24, 2.45) is 0 Å². The molecule has 0 aromatic heterocycles. The van der Waals surface area contributed by atoms with E-state index in [9.17, 15) is 9.90 Å². The molecular weight excluding hydrogens is 292 g/mol. The van der Waals surface area contributed by atoms with E-state index < -0.39 is 0 Å². The van der Waals surface area contributed by atoms with Crippen LogP contribution in [-0.4, -0.2) is 48.7 Å². The normalized spacial score (nSPS) is 18.7. The lowest BCUT2D eigenvalue weighted by molar-refractivity contribution is 0.0935. The number of likely N-dealkylation sites (tertiary alicyclic amines) is 1. The molecule has 1 heterocycles.